The van der Waals surface area contributed by atoms with E-state index in [2.05, 4.69) is 5.32 Å². The molecule has 2 N–H and O–H groups in total. The first-order valence-corrected chi connectivity index (χ1v) is 9.22. The Kier molecular flexibility index (Phi) is 8.84. The molecule has 0 fully saturated rings. The van der Waals surface area contributed by atoms with Crippen molar-refractivity contribution in [2.24, 2.45) is 11.8 Å². The molecule has 0 aliphatic carbocycles. The van der Waals surface area contributed by atoms with Gasteiger partial charge in [-0.05, 0) is 18.8 Å². The van der Waals surface area contributed by atoms with Gasteiger partial charge in [0, 0.05) is 31.5 Å². The molecule has 1 unspecified atom stereocenters. The number of nitrogens with zero attached hydrogens (tertiary/aromatic N) is 1. The maximum absolute atomic E-state index is 12.3. The van der Waals surface area contributed by atoms with Crippen LogP contribution in [0.1, 0.15) is 52.9 Å². The second-order valence-corrected chi connectivity index (χ2v) is 7.17. The fraction of sp³-hybridized carbons (Fsp3) is 0.632. The molecule has 8 nitrogen and oxygen atoms in total. The third-order valence-corrected chi connectivity index (χ3v) is 4.45. The van der Waals surface area contributed by atoms with Crippen LogP contribution in [0.4, 0.5) is 0 Å². The number of carboxylic acid groups (broad SMARTS) is 1. The summed E-state index contributed by atoms with van der Waals surface area (Å²) in [5, 5.41) is 11.6. The van der Waals surface area contributed by atoms with Crippen molar-refractivity contribution in [2.75, 3.05) is 6.54 Å². The fourth-order valence-electron chi connectivity index (χ4n) is 2.76. The van der Waals surface area contributed by atoms with Crippen molar-refractivity contribution in [2.45, 2.75) is 58.9 Å². The summed E-state index contributed by atoms with van der Waals surface area (Å²) in [6.45, 7) is 5.38. The molecule has 8 heteroatoms. The van der Waals surface area contributed by atoms with Gasteiger partial charge in [-0.1, -0.05) is 27.2 Å². The van der Waals surface area contributed by atoms with Gasteiger partial charge in [0.05, 0.1) is 12.0 Å². The third kappa shape index (κ3) is 7.32. The molecule has 1 heterocycles. The second-order valence-electron chi connectivity index (χ2n) is 7.17. The quantitative estimate of drug-likeness (QED) is 0.389. The molecule has 0 radical (unpaired) electrons. The Morgan fingerprint density at radius 1 is 1.04 bits per heavy atom. The third-order valence-electron chi connectivity index (χ3n) is 4.45. The monoisotopic (exact) mass is 380 g/mol. The predicted octanol–water partition coefficient (Wildman–Crippen LogP) is 1.29. The maximum Gasteiger partial charge on any atom is 0.306 e. The predicted molar refractivity (Wildman–Crippen MR) is 97.5 cm³/mol. The summed E-state index contributed by atoms with van der Waals surface area (Å²) in [6, 6.07) is -0.704. The summed E-state index contributed by atoms with van der Waals surface area (Å²) in [4.78, 5) is 59.2. The number of amides is 3. The fourth-order valence-corrected chi connectivity index (χ4v) is 2.76. The molecule has 1 rings (SSSR count). The lowest BCUT2D eigenvalue weighted by Crippen LogP contribution is -2.45. The summed E-state index contributed by atoms with van der Waals surface area (Å²) >= 11 is 0. The largest absolute Gasteiger partial charge is 0.481 e. The van der Waals surface area contributed by atoms with Gasteiger partial charge in [-0.2, -0.15) is 0 Å². The number of unbranched alkanes of at least 4 members (excludes halogenated alkanes) is 2. The first kappa shape index (κ1) is 22.5. The number of rotatable bonds is 12. The van der Waals surface area contributed by atoms with Crippen molar-refractivity contribution >= 4 is 29.5 Å². The van der Waals surface area contributed by atoms with Gasteiger partial charge in [0.15, 0.2) is 5.78 Å². The lowest BCUT2D eigenvalue weighted by molar-refractivity contribution is -0.143. The minimum Gasteiger partial charge on any atom is -0.481 e. The van der Waals surface area contributed by atoms with Gasteiger partial charge in [-0.3, -0.25) is 28.9 Å². The van der Waals surface area contributed by atoms with Crippen molar-refractivity contribution in [1.29, 1.82) is 0 Å². The normalized spacial score (nSPS) is 15.9. The topological polar surface area (TPSA) is 121 Å². The number of imide groups is 1. The molecule has 3 amide bonds. The van der Waals surface area contributed by atoms with Crippen molar-refractivity contribution in [3.05, 3.63) is 12.2 Å². The van der Waals surface area contributed by atoms with Crippen molar-refractivity contribution in [3.63, 3.8) is 0 Å². The van der Waals surface area contributed by atoms with Crippen LogP contribution in [0, 0.1) is 11.8 Å². The standard InChI is InChI=1S/C19H28N2O6/c1-12(2)18(14(22)11-13(3)19(26)27)20-15(23)7-5-4-6-10-21-16(24)8-9-17(21)25/h8-9,12-13,18H,4-7,10-11H2,1-3H3,(H,20,23)(H,26,27)/t13-,18?/m1/s1. The highest BCUT2D eigenvalue weighted by Crippen LogP contribution is 2.12. The van der Waals surface area contributed by atoms with Gasteiger partial charge in [0.25, 0.3) is 11.8 Å². The zero-order chi connectivity index (χ0) is 20.6. The molecule has 150 valence electrons. The van der Waals surface area contributed by atoms with E-state index in [-0.39, 0.29) is 42.3 Å². The van der Waals surface area contributed by atoms with Crippen LogP contribution in [0.25, 0.3) is 0 Å². The number of aliphatic carboxylic acids is 1. The summed E-state index contributed by atoms with van der Waals surface area (Å²) in [5.74, 6) is -3.14. The van der Waals surface area contributed by atoms with Crippen LogP contribution in [-0.4, -0.2) is 52.1 Å². The van der Waals surface area contributed by atoms with Crippen molar-refractivity contribution in [3.8, 4) is 0 Å². The van der Waals surface area contributed by atoms with Gasteiger partial charge in [0.1, 0.15) is 0 Å². The first-order chi connectivity index (χ1) is 12.6. The second kappa shape index (κ2) is 10.6. The van der Waals surface area contributed by atoms with Crippen molar-refractivity contribution in [1.82, 2.24) is 10.2 Å². The Balaban J connectivity index is 2.33. The van der Waals surface area contributed by atoms with Crippen LogP contribution in [0.3, 0.4) is 0 Å². The number of carbonyl (C=O) groups excluding carboxylic acids is 4. The molecule has 2 atom stereocenters. The minimum absolute atomic E-state index is 0.121. The van der Waals surface area contributed by atoms with E-state index in [0.29, 0.717) is 25.8 Å². The summed E-state index contributed by atoms with van der Waals surface area (Å²) in [5.41, 5.74) is 0. The molecule has 27 heavy (non-hydrogen) atoms. The van der Waals surface area contributed by atoms with Crippen LogP contribution in [-0.2, 0) is 24.0 Å². The van der Waals surface area contributed by atoms with Crippen LogP contribution < -0.4 is 5.32 Å². The molecule has 0 saturated heterocycles. The molecule has 0 spiro atoms. The van der Waals surface area contributed by atoms with Crippen LogP contribution >= 0.6 is 0 Å². The number of Topliss-reactive ketones (excluding diaryl/α,β-unsaturated/α-hetero) is 1. The average Bonchev–Trinajstić information content (AvgIpc) is 2.90. The lowest BCUT2D eigenvalue weighted by atomic mass is 9.93. The van der Waals surface area contributed by atoms with E-state index in [1.54, 1.807) is 13.8 Å². The summed E-state index contributed by atoms with van der Waals surface area (Å²) < 4.78 is 0. The van der Waals surface area contributed by atoms with E-state index in [9.17, 15) is 24.0 Å². The number of nitrogens with one attached hydrogen (secondary N) is 1. The zero-order valence-corrected chi connectivity index (χ0v) is 16.1. The maximum atomic E-state index is 12.3. The van der Waals surface area contributed by atoms with Crippen molar-refractivity contribution < 1.29 is 29.1 Å². The molecular formula is C19H28N2O6. The van der Waals surface area contributed by atoms with Gasteiger partial charge < -0.3 is 10.4 Å². The van der Waals surface area contributed by atoms with Crippen LogP contribution in [0.5, 0.6) is 0 Å². The van der Waals surface area contributed by atoms with Gasteiger partial charge >= 0.3 is 5.97 Å². The number of hydrogen-bond acceptors (Lipinski definition) is 5. The summed E-state index contributed by atoms with van der Waals surface area (Å²) in [7, 11) is 0. The molecule has 1 aliphatic heterocycles. The van der Waals surface area contributed by atoms with E-state index in [1.165, 1.54) is 19.1 Å². The van der Waals surface area contributed by atoms with E-state index in [1.807, 2.05) is 0 Å². The number of carbonyl (C=O) groups is 5. The van der Waals surface area contributed by atoms with Crippen LogP contribution in [0.15, 0.2) is 12.2 Å². The van der Waals surface area contributed by atoms with E-state index in [4.69, 9.17) is 5.11 Å². The van der Waals surface area contributed by atoms with Gasteiger partial charge in [0.2, 0.25) is 5.91 Å². The molecule has 0 aromatic rings. The van der Waals surface area contributed by atoms with Gasteiger partial charge in [-0.25, -0.2) is 0 Å². The van der Waals surface area contributed by atoms with E-state index >= 15 is 0 Å². The summed E-state index contributed by atoms with van der Waals surface area (Å²) in [6.07, 6.45) is 4.43. The molecular weight excluding hydrogens is 352 g/mol. The molecule has 0 bridgehead atoms. The molecule has 0 saturated carbocycles. The molecule has 1 aliphatic rings. The Labute approximate surface area is 159 Å². The van der Waals surface area contributed by atoms with Crippen LogP contribution in [0.2, 0.25) is 0 Å². The Hall–Kier alpha value is -2.51. The Morgan fingerprint density at radius 3 is 2.15 bits per heavy atom. The number of ketones is 1. The molecule has 0 aromatic carbocycles. The van der Waals surface area contributed by atoms with E-state index in [0.717, 1.165) is 4.90 Å². The number of carboxylic acids is 1. The zero-order valence-electron chi connectivity index (χ0n) is 16.1. The Morgan fingerprint density at radius 2 is 1.63 bits per heavy atom. The minimum atomic E-state index is -1.04. The lowest BCUT2D eigenvalue weighted by Gasteiger charge is -2.22. The first-order valence-electron chi connectivity index (χ1n) is 9.22. The average molecular weight is 380 g/mol. The highest BCUT2D eigenvalue weighted by atomic mass is 16.4. The SMILES string of the molecule is CC(C)C(NC(=O)CCCCCN1C(=O)C=CC1=O)C(=O)C[C@@H](C)C(=O)O. The molecule has 0 aromatic heterocycles. The van der Waals surface area contributed by atoms with E-state index < -0.39 is 17.9 Å². The Bertz CT molecular complexity index is 608. The number of hydrogen-bond donors (Lipinski definition) is 2. The smallest absolute Gasteiger partial charge is 0.306 e. The van der Waals surface area contributed by atoms with Gasteiger partial charge in [-0.15, -0.1) is 0 Å². The highest BCUT2D eigenvalue weighted by molar-refractivity contribution is 6.12. The highest BCUT2D eigenvalue weighted by Gasteiger charge is 2.27.